The summed E-state index contributed by atoms with van der Waals surface area (Å²) >= 11 is 0. The summed E-state index contributed by atoms with van der Waals surface area (Å²) in [6.45, 7) is 23.5. The summed E-state index contributed by atoms with van der Waals surface area (Å²) in [5, 5.41) is 1.15. The Labute approximate surface area is 463 Å². The van der Waals surface area contributed by atoms with Crippen molar-refractivity contribution in [3.05, 3.63) is 24.3 Å². The molecule has 4 fully saturated rings. The van der Waals surface area contributed by atoms with Crippen LogP contribution < -0.4 is 0 Å². The monoisotopic (exact) mass is 1020 g/mol. The Balaban J connectivity index is 1.44. The molecule has 0 aromatic carbocycles. The molecule has 0 aliphatic heterocycles. The zero-order chi connectivity index (χ0) is 57.1. The van der Waals surface area contributed by atoms with Crippen molar-refractivity contribution in [1.29, 1.82) is 0 Å². The predicted molar refractivity (Wildman–Crippen MR) is 300 cm³/mol. The molecule has 0 aromatic rings. The number of nitrogens with zero attached hydrogens (tertiary/aromatic N) is 2. The lowest BCUT2D eigenvalue weighted by molar-refractivity contribution is -0.894. The fourth-order valence-electron chi connectivity index (χ4n) is 10.2. The van der Waals surface area contributed by atoms with Gasteiger partial charge in [0.1, 0.15) is 18.8 Å². The smallest absolute Gasteiger partial charge is 0.378 e. The minimum Gasteiger partial charge on any atom is -0.462 e. The van der Waals surface area contributed by atoms with Crippen LogP contribution in [0, 0.1) is 247 Å². The average molecular weight is 1020 g/mol. The molecule has 2 amide bonds. The summed E-state index contributed by atoms with van der Waals surface area (Å²) in [5.41, 5.74) is 0.212. The molecule has 0 aromatic heterocycles. The fraction of sp³-hybridized carbons (Fsp3) is 0.371. The lowest BCUT2D eigenvalue weighted by Crippen LogP contribution is -2.64. The summed E-state index contributed by atoms with van der Waals surface area (Å²) in [6.07, 6.45) is 9.42. The fourth-order valence-corrected chi connectivity index (χ4v) is 10.2. The van der Waals surface area contributed by atoms with E-state index in [2.05, 4.69) is 262 Å². The molecule has 7 unspecified atom stereocenters. The maximum atomic E-state index is 14.5. The van der Waals surface area contributed by atoms with Crippen molar-refractivity contribution >= 4 is 23.8 Å². The molecule has 8 nitrogen and oxygen atoms in total. The Hall–Kier alpha value is -10.4. The van der Waals surface area contributed by atoms with Crippen LogP contribution in [-0.4, -0.2) is 58.7 Å². The third-order valence-corrected chi connectivity index (χ3v) is 14.9. The standard InChI is InChI=1S/C70H53N2O6/c1-12-13-14-15-16-17-18-19-20-21-22-23-24-25-26-27-28-29-30-31-32-33-34-35-36-37-38-39-40-41-42-43-44-45-53-72(66(76)58(4)5,54-49-64(74)78-62-56-70(11)51-47-60(62)68(70,8)9)71(65(75)57(2)3)52-48-63(73)77-61-55-69(10)50-46-59(61)67(69,6)7/h1,59-62H,2,4,46-52,54-56H2,3,5-11H3/q+1. The topological polar surface area (TPSA) is 90.0 Å². The number of quaternary nitrogens is 1. The van der Waals surface area contributed by atoms with Gasteiger partial charge in [-0.25, -0.2) is 4.79 Å². The molecule has 4 saturated carbocycles. The maximum Gasteiger partial charge on any atom is 0.378 e. The molecule has 378 valence electrons. The van der Waals surface area contributed by atoms with Crippen LogP contribution >= 0.6 is 0 Å². The third kappa shape index (κ3) is 16.3. The normalized spacial score (nSPS) is 20.7. The van der Waals surface area contributed by atoms with E-state index in [4.69, 9.17) is 15.9 Å². The van der Waals surface area contributed by atoms with Gasteiger partial charge in [-0.2, -0.15) is 5.01 Å². The molecule has 7 atom stereocenters. The van der Waals surface area contributed by atoms with E-state index in [1.807, 2.05) is 0 Å². The van der Waals surface area contributed by atoms with E-state index >= 15 is 0 Å². The summed E-state index contributed by atoms with van der Waals surface area (Å²) in [5.74, 6) is 82.9. The van der Waals surface area contributed by atoms with Gasteiger partial charge in [-0.05, 0) is 121 Å². The first-order valence-corrected chi connectivity index (χ1v) is 24.7. The zero-order valence-electron chi connectivity index (χ0n) is 45.2. The van der Waals surface area contributed by atoms with Gasteiger partial charge in [-0.3, -0.25) is 14.4 Å². The van der Waals surface area contributed by atoms with Crippen LogP contribution in [0.15, 0.2) is 24.3 Å². The first-order valence-electron chi connectivity index (χ1n) is 24.7. The van der Waals surface area contributed by atoms with Crippen molar-refractivity contribution in [2.45, 2.75) is 119 Å². The van der Waals surface area contributed by atoms with Crippen LogP contribution in [0.25, 0.3) is 0 Å². The maximum absolute atomic E-state index is 14.5. The molecule has 8 heteroatoms. The molecule has 0 N–H and O–H groups in total. The van der Waals surface area contributed by atoms with E-state index in [9.17, 15) is 19.2 Å². The lowest BCUT2D eigenvalue weighted by Gasteiger charge is -2.38. The van der Waals surface area contributed by atoms with Crippen LogP contribution in [-0.2, 0) is 28.7 Å². The Kier molecular flexibility index (Phi) is 22.3. The molecule has 0 saturated heterocycles. The van der Waals surface area contributed by atoms with Crippen molar-refractivity contribution in [1.82, 2.24) is 5.01 Å². The quantitative estimate of drug-likeness (QED) is 0.0857. The highest BCUT2D eigenvalue weighted by molar-refractivity contribution is 5.94. The number of carbonyl (C=O) groups excluding carboxylic acids is 4. The zero-order valence-corrected chi connectivity index (χ0v) is 45.2. The Morgan fingerprint density at radius 2 is 0.795 bits per heavy atom. The van der Waals surface area contributed by atoms with Crippen LogP contribution in [0.2, 0.25) is 0 Å². The number of amides is 2. The van der Waals surface area contributed by atoms with Crippen LogP contribution in [0.1, 0.15) is 107 Å². The van der Waals surface area contributed by atoms with Gasteiger partial charge in [-0.1, -0.05) is 59.3 Å². The first kappa shape index (κ1) is 60.2. The number of ether oxygens (including phenoxy) is 2. The second-order valence-corrected chi connectivity index (χ2v) is 20.0. The van der Waals surface area contributed by atoms with Crippen molar-refractivity contribution in [2.24, 2.45) is 33.5 Å². The minimum absolute atomic E-state index is 0.00335. The second-order valence-electron chi connectivity index (χ2n) is 20.0. The molecule has 4 aliphatic carbocycles. The van der Waals surface area contributed by atoms with Gasteiger partial charge >= 0.3 is 17.8 Å². The summed E-state index contributed by atoms with van der Waals surface area (Å²) in [6, 6.07) is 2.87. The molecule has 4 rings (SSSR count). The molecule has 78 heavy (non-hydrogen) atoms. The van der Waals surface area contributed by atoms with Gasteiger partial charge in [0.2, 0.25) is 0 Å². The SMILES string of the molecule is C#CC#CC#CC#CC#CC#CC#CC#CC#CC#CC#CC#CC#CC#CC#CC#CC#CC#C[N+](CCC(=O)OC1CC2(C)CCC1C2(C)C)(C(=O)C(=C)C)N(CCC(=O)OC1CC2(C)CCC1C2(C)C)C(=O)C(=C)C. The second kappa shape index (κ2) is 28.9. The molecule has 4 aliphatic rings. The van der Waals surface area contributed by atoms with E-state index in [-0.39, 0.29) is 82.8 Å². The molecule has 0 spiro atoms. The summed E-state index contributed by atoms with van der Waals surface area (Å²) < 4.78 is 11.2. The molecular formula is C70H53N2O6+. The number of carbonyl (C=O) groups is 4. The van der Waals surface area contributed by atoms with Crippen LogP contribution in [0.3, 0.4) is 0 Å². The number of terminal acetylenes is 1. The highest BCUT2D eigenvalue weighted by Gasteiger charge is 2.63. The largest absolute Gasteiger partial charge is 0.462 e. The predicted octanol–water partition coefficient (Wildman–Crippen LogP) is 6.17. The minimum atomic E-state index is -1.02. The van der Waals surface area contributed by atoms with E-state index in [1.165, 1.54) is 13.8 Å². The van der Waals surface area contributed by atoms with Gasteiger partial charge in [0, 0.05) is 165 Å². The van der Waals surface area contributed by atoms with Gasteiger partial charge in [0.15, 0.2) is 6.04 Å². The van der Waals surface area contributed by atoms with Crippen LogP contribution in [0.5, 0.6) is 0 Å². The number of fused-ring (bicyclic) bond motifs is 4. The lowest BCUT2D eigenvalue weighted by atomic mass is 9.71. The highest BCUT2D eigenvalue weighted by atomic mass is 16.5. The molecule has 4 bridgehead atoms. The molecule has 0 radical (unpaired) electrons. The number of rotatable bonds is 10. The Morgan fingerprint density at radius 3 is 1.06 bits per heavy atom. The van der Waals surface area contributed by atoms with Gasteiger partial charge in [0.25, 0.3) is 5.91 Å². The van der Waals surface area contributed by atoms with Crippen molar-refractivity contribution in [3.8, 4) is 214 Å². The average Bonchev–Trinajstić information content (AvgIpc) is 4.12. The molecular weight excluding hydrogens is 965 g/mol. The Bertz CT molecular complexity index is 3770. The third-order valence-electron chi connectivity index (χ3n) is 14.9. The van der Waals surface area contributed by atoms with Crippen molar-refractivity contribution < 1.29 is 33.2 Å². The number of esters is 2. The van der Waals surface area contributed by atoms with Gasteiger partial charge < -0.3 is 9.47 Å². The van der Waals surface area contributed by atoms with E-state index < -0.39 is 28.3 Å². The van der Waals surface area contributed by atoms with E-state index in [1.54, 1.807) is 0 Å². The van der Waals surface area contributed by atoms with E-state index in [0.29, 0.717) is 0 Å². The Morgan fingerprint density at radius 1 is 0.487 bits per heavy atom. The number of hydrogen-bond donors (Lipinski definition) is 0. The highest BCUT2D eigenvalue weighted by Crippen LogP contribution is 2.67. The van der Waals surface area contributed by atoms with Crippen molar-refractivity contribution in [3.63, 3.8) is 0 Å². The van der Waals surface area contributed by atoms with Gasteiger partial charge in [0.05, 0.1) is 30.9 Å². The number of hydrogen-bond acceptors (Lipinski definition) is 6. The van der Waals surface area contributed by atoms with Gasteiger partial charge in [-0.15, -0.1) is 6.42 Å². The summed E-state index contributed by atoms with van der Waals surface area (Å²) in [4.78, 5) is 56.0. The molecule has 0 heterocycles. The first-order chi connectivity index (χ1) is 37.3. The summed E-state index contributed by atoms with van der Waals surface area (Å²) in [7, 11) is 0. The van der Waals surface area contributed by atoms with Crippen LogP contribution in [0.4, 0.5) is 0 Å². The van der Waals surface area contributed by atoms with Crippen molar-refractivity contribution in [2.75, 3.05) is 13.1 Å². The van der Waals surface area contributed by atoms with E-state index in [0.717, 1.165) is 43.5 Å².